The van der Waals surface area contributed by atoms with Crippen LogP contribution in [0.25, 0.3) is 0 Å². The number of halogens is 7. The summed E-state index contributed by atoms with van der Waals surface area (Å²) in [5, 5.41) is -0.563. The first-order valence-electron chi connectivity index (χ1n) is 10.9. The number of ether oxygens (including phenoxy) is 1. The molecule has 0 unspecified atom stereocenters. The van der Waals surface area contributed by atoms with Gasteiger partial charge in [-0.2, -0.15) is 26.3 Å². The first kappa shape index (κ1) is 28.7. The third kappa shape index (κ3) is 7.58. The van der Waals surface area contributed by atoms with Gasteiger partial charge in [0.1, 0.15) is 5.82 Å². The number of hydrogen-bond acceptors (Lipinski definition) is 4. The molecule has 0 bridgehead atoms. The van der Waals surface area contributed by atoms with Crippen LogP contribution in [0.1, 0.15) is 23.1 Å². The van der Waals surface area contributed by atoms with E-state index in [4.69, 9.17) is 16.3 Å². The van der Waals surface area contributed by atoms with Gasteiger partial charge in [-0.15, -0.1) is 0 Å². The van der Waals surface area contributed by atoms with E-state index in [2.05, 4.69) is 0 Å². The van der Waals surface area contributed by atoms with Crippen molar-refractivity contribution in [3.8, 4) is 0 Å². The molecule has 0 aliphatic carbocycles. The molecule has 0 spiro atoms. The lowest BCUT2D eigenvalue weighted by Gasteiger charge is -2.37. The van der Waals surface area contributed by atoms with Gasteiger partial charge in [0.2, 0.25) is 10.0 Å². The van der Waals surface area contributed by atoms with Crippen molar-refractivity contribution in [1.29, 1.82) is 0 Å². The van der Waals surface area contributed by atoms with Gasteiger partial charge in [-0.1, -0.05) is 35.9 Å². The van der Waals surface area contributed by atoms with Crippen LogP contribution in [0.2, 0.25) is 5.02 Å². The molecule has 0 N–H and O–H groups in total. The van der Waals surface area contributed by atoms with E-state index in [9.17, 15) is 34.8 Å². The Kier molecular flexibility index (Phi) is 8.98. The highest BCUT2D eigenvalue weighted by Crippen LogP contribution is 2.37. The first-order chi connectivity index (χ1) is 16.7. The van der Waals surface area contributed by atoms with E-state index < -0.39 is 50.6 Å². The first-order valence-corrected chi connectivity index (χ1v) is 13.2. The highest BCUT2D eigenvalue weighted by molar-refractivity contribution is 7.88. The molecular formula is C23H25ClF6N2O3S. The number of rotatable bonds is 11. The lowest BCUT2D eigenvalue weighted by molar-refractivity contribution is -0.137. The van der Waals surface area contributed by atoms with Gasteiger partial charge in [-0.3, -0.25) is 4.90 Å². The Bertz CT molecular complexity index is 1140. The van der Waals surface area contributed by atoms with Gasteiger partial charge in [0, 0.05) is 38.3 Å². The van der Waals surface area contributed by atoms with E-state index in [0.29, 0.717) is 0 Å². The SMILES string of the molecule is CS(=O)(=O)N1CC(OCCCN(Cc2cccc(C(F)(F)F)c2Cl)CC(F)(F)c2ccc(F)cc2)C1. The van der Waals surface area contributed by atoms with E-state index in [0.717, 1.165) is 42.7 Å². The van der Waals surface area contributed by atoms with Crippen LogP contribution in [-0.2, 0) is 33.4 Å². The topological polar surface area (TPSA) is 49.9 Å². The zero-order chi connectivity index (χ0) is 26.7. The van der Waals surface area contributed by atoms with Crippen LogP contribution in [0, 0.1) is 5.82 Å². The van der Waals surface area contributed by atoms with Crippen molar-refractivity contribution >= 4 is 21.6 Å². The minimum absolute atomic E-state index is 0.0325. The number of hydrogen-bond donors (Lipinski definition) is 0. The van der Waals surface area contributed by atoms with Gasteiger partial charge >= 0.3 is 6.18 Å². The van der Waals surface area contributed by atoms with Crippen molar-refractivity contribution < 1.29 is 39.5 Å². The molecular weight excluding hydrogens is 534 g/mol. The van der Waals surface area contributed by atoms with E-state index in [1.54, 1.807) is 0 Å². The summed E-state index contributed by atoms with van der Waals surface area (Å²) in [5.41, 5.74) is -1.46. The van der Waals surface area contributed by atoms with Gasteiger partial charge in [0.05, 0.1) is 29.5 Å². The molecule has 0 radical (unpaired) electrons. The molecule has 1 aliphatic heterocycles. The van der Waals surface area contributed by atoms with Crippen molar-refractivity contribution in [2.24, 2.45) is 0 Å². The molecule has 3 rings (SSSR count). The maximum atomic E-state index is 15.0. The Hall–Kier alpha value is -1.86. The largest absolute Gasteiger partial charge is 0.417 e. The molecule has 2 aromatic rings. The fourth-order valence-electron chi connectivity index (χ4n) is 3.76. The fraction of sp³-hybridized carbons (Fsp3) is 0.478. The molecule has 200 valence electrons. The second-order valence-corrected chi connectivity index (χ2v) is 11.0. The molecule has 1 saturated heterocycles. The van der Waals surface area contributed by atoms with E-state index in [1.807, 2.05) is 0 Å². The third-order valence-electron chi connectivity index (χ3n) is 5.72. The van der Waals surface area contributed by atoms with Crippen LogP contribution in [0.15, 0.2) is 42.5 Å². The van der Waals surface area contributed by atoms with Crippen molar-refractivity contribution in [3.05, 3.63) is 70.0 Å². The van der Waals surface area contributed by atoms with Gasteiger partial charge < -0.3 is 4.74 Å². The molecule has 0 amide bonds. The second kappa shape index (κ2) is 11.3. The second-order valence-electron chi connectivity index (χ2n) is 8.62. The summed E-state index contributed by atoms with van der Waals surface area (Å²) in [7, 11) is -3.30. The summed E-state index contributed by atoms with van der Waals surface area (Å²) in [6, 6.07) is 7.04. The van der Waals surface area contributed by atoms with Crippen molar-refractivity contribution in [3.63, 3.8) is 0 Å². The molecule has 1 heterocycles. The average molecular weight is 559 g/mol. The maximum absolute atomic E-state index is 15.0. The van der Waals surface area contributed by atoms with Crippen LogP contribution in [0.5, 0.6) is 0 Å². The number of alkyl halides is 5. The summed E-state index contributed by atoms with van der Waals surface area (Å²) in [4.78, 5) is 1.26. The summed E-state index contributed by atoms with van der Waals surface area (Å²) in [5.74, 6) is -4.10. The molecule has 0 saturated carbocycles. The molecule has 5 nitrogen and oxygen atoms in total. The molecule has 36 heavy (non-hydrogen) atoms. The Morgan fingerprint density at radius 3 is 2.31 bits per heavy atom. The molecule has 0 aromatic heterocycles. The lowest BCUT2D eigenvalue weighted by Crippen LogP contribution is -2.54. The van der Waals surface area contributed by atoms with Crippen LogP contribution in [0.4, 0.5) is 26.3 Å². The van der Waals surface area contributed by atoms with Gasteiger partial charge in [0.25, 0.3) is 5.92 Å². The quantitative estimate of drug-likeness (QED) is 0.283. The monoisotopic (exact) mass is 558 g/mol. The zero-order valence-electron chi connectivity index (χ0n) is 19.2. The summed E-state index contributed by atoms with van der Waals surface area (Å²) >= 11 is 5.97. The minimum atomic E-state index is -4.70. The lowest BCUT2D eigenvalue weighted by atomic mass is 10.1. The Labute approximate surface area is 210 Å². The minimum Gasteiger partial charge on any atom is -0.375 e. The molecule has 1 aliphatic rings. The number of sulfonamides is 1. The average Bonchev–Trinajstić information content (AvgIpc) is 2.71. The number of nitrogens with zero attached hydrogens (tertiary/aromatic N) is 2. The van der Waals surface area contributed by atoms with Crippen LogP contribution >= 0.6 is 11.6 Å². The predicted molar refractivity (Wildman–Crippen MR) is 123 cm³/mol. The van der Waals surface area contributed by atoms with Crippen molar-refractivity contribution in [1.82, 2.24) is 9.21 Å². The van der Waals surface area contributed by atoms with Crippen LogP contribution in [0.3, 0.4) is 0 Å². The highest BCUT2D eigenvalue weighted by Gasteiger charge is 2.37. The summed E-state index contributed by atoms with van der Waals surface area (Å²) in [6.07, 6.45) is -3.68. The molecule has 13 heteroatoms. The van der Waals surface area contributed by atoms with E-state index in [-0.39, 0.29) is 50.9 Å². The number of benzene rings is 2. The predicted octanol–water partition coefficient (Wildman–Crippen LogP) is 5.14. The van der Waals surface area contributed by atoms with Gasteiger partial charge in [-0.05, 0) is 30.2 Å². The molecule has 1 fully saturated rings. The smallest absolute Gasteiger partial charge is 0.375 e. The van der Waals surface area contributed by atoms with Crippen LogP contribution < -0.4 is 0 Å². The molecule has 2 aromatic carbocycles. The molecule has 0 atom stereocenters. The van der Waals surface area contributed by atoms with E-state index >= 15 is 0 Å². The van der Waals surface area contributed by atoms with Crippen molar-refractivity contribution in [2.75, 3.05) is 39.0 Å². The Balaban J connectivity index is 1.69. The third-order valence-corrected chi connectivity index (χ3v) is 7.41. The maximum Gasteiger partial charge on any atom is 0.417 e. The van der Waals surface area contributed by atoms with E-state index in [1.165, 1.54) is 15.3 Å². The summed E-state index contributed by atoms with van der Waals surface area (Å²) < 4.78 is 113. The Morgan fingerprint density at radius 2 is 1.72 bits per heavy atom. The van der Waals surface area contributed by atoms with Gasteiger partial charge in [0.15, 0.2) is 0 Å². The fourth-order valence-corrected chi connectivity index (χ4v) is 4.92. The van der Waals surface area contributed by atoms with Crippen LogP contribution in [-0.4, -0.2) is 62.8 Å². The Morgan fingerprint density at radius 1 is 1.08 bits per heavy atom. The van der Waals surface area contributed by atoms with Gasteiger partial charge in [-0.25, -0.2) is 12.8 Å². The van der Waals surface area contributed by atoms with Crippen molar-refractivity contribution in [2.45, 2.75) is 31.2 Å². The highest BCUT2D eigenvalue weighted by atomic mass is 35.5. The summed E-state index contributed by atoms with van der Waals surface area (Å²) in [6.45, 7) is -0.569. The zero-order valence-corrected chi connectivity index (χ0v) is 20.8. The normalized spacial score (nSPS) is 15.9. The standard InChI is InChI=1S/C23H25ClF6N2O3S/c1-36(33,34)32-13-19(14-32)35-11-3-10-31(15-22(26,27)17-6-8-18(25)9-7-17)12-16-4-2-5-20(21(16)24)23(28,29)30/h2,4-9,19H,3,10-15H2,1H3.